The molecular formula is C9H16BNO4. The van der Waals surface area contributed by atoms with E-state index in [1.807, 2.05) is 18.7 Å². The average molecular weight is 213 g/mol. The minimum atomic E-state index is -0.872. The zero-order valence-electron chi connectivity index (χ0n) is 9.27. The Morgan fingerprint density at radius 1 is 1.73 bits per heavy atom. The second-order valence-corrected chi connectivity index (χ2v) is 4.30. The summed E-state index contributed by atoms with van der Waals surface area (Å²) in [5.74, 6) is -1.43. The molecule has 0 unspecified atom stereocenters. The summed E-state index contributed by atoms with van der Waals surface area (Å²) in [6, 6.07) is 0. The van der Waals surface area contributed by atoms with E-state index in [2.05, 4.69) is 0 Å². The van der Waals surface area contributed by atoms with Crippen molar-refractivity contribution in [3.63, 3.8) is 0 Å². The number of hydrogen-bond donors (Lipinski definition) is 1. The monoisotopic (exact) mass is 213 g/mol. The van der Waals surface area contributed by atoms with Crippen LogP contribution in [0.3, 0.4) is 0 Å². The predicted molar refractivity (Wildman–Crippen MR) is 56.4 cm³/mol. The van der Waals surface area contributed by atoms with E-state index in [9.17, 15) is 9.59 Å². The first-order chi connectivity index (χ1) is 6.88. The molecule has 6 heteroatoms. The second kappa shape index (κ2) is 4.32. The zero-order valence-corrected chi connectivity index (χ0v) is 9.27. The lowest BCUT2D eigenvalue weighted by molar-refractivity contribution is -0.148. The molecule has 1 N–H and O–H groups in total. The number of ether oxygens (including phenoxy) is 1. The molecule has 0 saturated carbocycles. The van der Waals surface area contributed by atoms with Crippen LogP contribution in [-0.4, -0.2) is 47.9 Å². The summed E-state index contributed by atoms with van der Waals surface area (Å²) in [5.41, 5.74) is -0.560. The van der Waals surface area contributed by atoms with E-state index in [1.165, 1.54) is 0 Å². The fourth-order valence-electron chi connectivity index (χ4n) is 1.72. The molecule has 1 heterocycles. The van der Waals surface area contributed by atoms with Crippen LogP contribution in [0.5, 0.6) is 0 Å². The molecule has 0 amide bonds. The Labute approximate surface area is 89.7 Å². The van der Waals surface area contributed by atoms with Gasteiger partial charge in [-0.25, -0.2) is 0 Å². The van der Waals surface area contributed by atoms with Gasteiger partial charge in [-0.3, -0.25) is 4.79 Å². The maximum Gasteiger partial charge on any atom is 0.308 e. The molecule has 0 aromatic rings. The molecule has 1 fully saturated rings. The third kappa shape index (κ3) is 2.57. The van der Waals surface area contributed by atoms with Gasteiger partial charge in [-0.1, -0.05) is 0 Å². The fourth-order valence-corrected chi connectivity index (χ4v) is 1.72. The van der Waals surface area contributed by atoms with E-state index in [-0.39, 0.29) is 13.5 Å². The van der Waals surface area contributed by atoms with Crippen LogP contribution in [0.25, 0.3) is 0 Å². The molecule has 0 spiro atoms. The van der Waals surface area contributed by atoms with E-state index in [0.717, 1.165) is 6.19 Å². The van der Waals surface area contributed by atoms with Crippen molar-refractivity contribution >= 4 is 19.6 Å². The van der Waals surface area contributed by atoms with Crippen LogP contribution in [0, 0.1) is 5.92 Å². The highest BCUT2D eigenvalue weighted by molar-refractivity contribution is 6.64. The number of nitrogens with zero attached hydrogens (tertiary/aromatic N) is 1. The molecule has 0 radical (unpaired) electrons. The van der Waals surface area contributed by atoms with Crippen LogP contribution in [0.1, 0.15) is 20.8 Å². The van der Waals surface area contributed by atoms with Crippen LogP contribution < -0.4 is 0 Å². The number of aliphatic carboxylic acids is 1. The number of carboxylic acid groups (broad SMARTS) is 1. The highest BCUT2D eigenvalue weighted by atomic mass is 16.5. The van der Waals surface area contributed by atoms with Crippen molar-refractivity contribution in [1.82, 2.24) is 4.81 Å². The Kier molecular flexibility index (Phi) is 3.52. The maximum absolute atomic E-state index is 10.8. The summed E-state index contributed by atoms with van der Waals surface area (Å²) in [5, 5.41) is 8.86. The third-order valence-electron chi connectivity index (χ3n) is 2.84. The fraction of sp³-hybridized carbons (Fsp3) is 0.778. The standard InChI is InChI=1S/C9H16BNO4/c1-6(8(13)14)7-4-11(10-5-12)9(2,3)15-7/h5-7,10H,4H2,1-3H3,(H,13,14)/t6-,7-/m0/s1. The summed E-state index contributed by atoms with van der Waals surface area (Å²) in [7, 11) is 0.274. The van der Waals surface area contributed by atoms with Gasteiger partial charge in [-0.15, -0.1) is 0 Å². The molecule has 15 heavy (non-hydrogen) atoms. The van der Waals surface area contributed by atoms with E-state index in [4.69, 9.17) is 9.84 Å². The van der Waals surface area contributed by atoms with Crippen molar-refractivity contribution in [3.05, 3.63) is 0 Å². The smallest absolute Gasteiger partial charge is 0.308 e. The summed E-state index contributed by atoms with van der Waals surface area (Å²) in [6.45, 7) is 5.78. The van der Waals surface area contributed by atoms with Crippen molar-refractivity contribution < 1.29 is 19.4 Å². The first kappa shape index (κ1) is 12.2. The van der Waals surface area contributed by atoms with Crippen LogP contribution in [0.4, 0.5) is 0 Å². The normalized spacial score (nSPS) is 27.3. The van der Waals surface area contributed by atoms with Gasteiger partial charge in [0, 0.05) is 6.54 Å². The molecule has 0 aromatic heterocycles. The summed E-state index contributed by atoms with van der Waals surface area (Å²) in [6.07, 6.45) is 0.455. The van der Waals surface area contributed by atoms with Gasteiger partial charge in [0.15, 0.2) is 0 Å². The lowest BCUT2D eigenvalue weighted by atomic mass is 9.91. The predicted octanol–water partition coefficient (Wildman–Crippen LogP) is -0.314. The Bertz CT molecular complexity index is 269. The number of hydrogen-bond acceptors (Lipinski definition) is 4. The van der Waals surface area contributed by atoms with E-state index in [1.54, 1.807) is 6.92 Å². The Balaban J connectivity index is 2.68. The third-order valence-corrected chi connectivity index (χ3v) is 2.84. The van der Waals surface area contributed by atoms with Gasteiger partial charge in [0.1, 0.15) is 5.72 Å². The van der Waals surface area contributed by atoms with Gasteiger partial charge in [-0.2, -0.15) is 0 Å². The van der Waals surface area contributed by atoms with Crippen molar-refractivity contribution in [2.75, 3.05) is 6.54 Å². The Hall–Kier alpha value is -0.875. The molecule has 5 nitrogen and oxygen atoms in total. The van der Waals surface area contributed by atoms with E-state index < -0.39 is 17.6 Å². The molecular weight excluding hydrogens is 197 g/mol. The molecule has 2 atom stereocenters. The highest BCUT2D eigenvalue weighted by Gasteiger charge is 2.42. The molecule has 1 rings (SSSR count). The van der Waals surface area contributed by atoms with E-state index >= 15 is 0 Å². The van der Waals surface area contributed by atoms with Gasteiger partial charge in [0.05, 0.1) is 18.2 Å². The summed E-state index contributed by atoms with van der Waals surface area (Å²) in [4.78, 5) is 23.1. The number of carboxylic acids is 1. The number of carbonyl (C=O) groups excluding carboxylic acids is 1. The molecule has 1 aliphatic rings. The molecule has 0 aliphatic carbocycles. The number of carbonyl (C=O) groups is 2. The van der Waals surface area contributed by atoms with Crippen molar-refractivity contribution in [3.8, 4) is 0 Å². The first-order valence-corrected chi connectivity index (χ1v) is 4.98. The maximum atomic E-state index is 10.8. The van der Waals surface area contributed by atoms with Gasteiger partial charge >= 0.3 is 5.97 Å². The minimum absolute atomic E-state index is 0.274. The second-order valence-electron chi connectivity index (χ2n) is 4.30. The van der Waals surface area contributed by atoms with Gasteiger partial charge in [0.2, 0.25) is 0 Å². The van der Waals surface area contributed by atoms with E-state index in [0.29, 0.717) is 6.54 Å². The van der Waals surface area contributed by atoms with Crippen molar-refractivity contribution in [2.24, 2.45) is 5.92 Å². The quantitative estimate of drug-likeness (QED) is 0.512. The summed E-state index contributed by atoms with van der Waals surface area (Å²) >= 11 is 0. The topological polar surface area (TPSA) is 66.8 Å². The zero-order chi connectivity index (χ0) is 11.6. The van der Waals surface area contributed by atoms with Crippen LogP contribution >= 0.6 is 0 Å². The van der Waals surface area contributed by atoms with Gasteiger partial charge in [-0.05, 0) is 20.8 Å². The van der Waals surface area contributed by atoms with Crippen molar-refractivity contribution in [1.29, 1.82) is 0 Å². The molecule has 1 aliphatic heterocycles. The Morgan fingerprint density at radius 3 is 2.80 bits per heavy atom. The molecule has 1 saturated heterocycles. The van der Waals surface area contributed by atoms with Crippen molar-refractivity contribution in [2.45, 2.75) is 32.6 Å². The molecule has 84 valence electrons. The SMILES string of the molecule is C[C@H](C(=O)O)[C@@H]1CN(BC=O)C(C)(C)O1. The van der Waals surface area contributed by atoms with Crippen LogP contribution in [0.15, 0.2) is 0 Å². The lowest BCUT2D eigenvalue weighted by Crippen LogP contribution is -2.42. The highest BCUT2D eigenvalue weighted by Crippen LogP contribution is 2.29. The largest absolute Gasteiger partial charge is 0.481 e. The molecule has 0 aromatic carbocycles. The first-order valence-electron chi connectivity index (χ1n) is 4.98. The van der Waals surface area contributed by atoms with Crippen LogP contribution in [0.2, 0.25) is 0 Å². The average Bonchev–Trinajstić information content (AvgIpc) is 2.41. The number of rotatable bonds is 4. The summed E-state index contributed by atoms with van der Waals surface area (Å²) < 4.78 is 5.62. The Morgan fingerprint density at radius 2 is 2.33 bits per heavy atom. The minimum Gasteiger partial charge on any atom is -0.481 e. The molecule has 0 bridgehead atoms. The van der Waals surface area contributed by atoms with Gasteiger partial charge in [0.25, 0.3) is 7.41 Å². The van der Waals surface area contributed by atoms with Gasteiger partial charge < -0.3 is 19.4 Å². The van der Waals surface area contributed by atoms with Crippen LogP contribution in [-0.2, 0) is 14.3 Å². The lowest BCUT2D eigenvalue weighted by Gasteiger charge is -2.27.